The topological polar surface area (TPSA) is 47.3 Å². The lowest BCUT2D eigenvalue weighted by atomic mass is 9.93. The second kappa shape index (κ2) is 8.05. The summed E-state index contributed by atoms with van der Waals surface area (Å²) in [5, 5.41) is 6.58. The van der Waals surface area contributed by atoms with Crippen LogP contribution in [0.4, 0.5) is 0 Å². The maximum atomic E-state index is 6.30. The summed E-state index contributed by atoms with van der Waals surface area (Å²) in [6.07, 6.45) is 7.09. The molecule has 0 spiro atoms. The zero-order valence-corrected chi connectivity index (χ0v) is 17.9. The SMILES string of the molecule is Cc1ccc(O[C@@H]2CCCC[C@@H]2N)cc1CNC1(c2cccc3ccccc23)CC1. The smallest absolute Gasteiger partial charge is 0.120 e. The van der Waals surface area contributed by atoms with E-state index >= 15 is 0 Å². The van der Waals surface area contributed by atoms with Gasteiger partial charge in [-0.2, -0.15) is 0 Å². The van der Waals surface area contributed by atoms with Gasteiger partial charge in [0.2, 0.25) is 0 Å². The number of hydrogen-bond acceptors (Lipinski definition) is 3. The van der Waals surface area contributed by atoms with Crippen LogP contribution in [0.2, 0.25) is 0 Å². The maximum Gasteiger partial charge on any atom is 0.120 e. The zero-order chi connectivity index (χ0) is 20.6. The van der Waals surface area contributed by atoms with Gasteiger partial charge < -0.3 is 15.8 Å². The van der Waals surface area contributed by atoms with E-state index in [2.05, 4.69) is 72.9 Å². The lowest BCUT2D eigenvalue weighted by Gasteiger charge is -2.29. The molecule has 30 heavy (non-hydrogen) atoms. The van der Waals surface area contributed by atoms with Crippen molar-refractivity contribution in [1.29, 1.82) is 0 Å². The molecule has 2 atom stereocenters. The van der Waals surface area contributed by atoms with Gasteiger partial charge >= 0.3 is 0 Å². The van der Waals surface area contributed by atoms with Crippen molar-refractivity contribution in [3.63, 3.8) is 0 Å². The molecule has 0 bridgehead atoms. The Balaban J connectivity index is 1.33. The number of hydrogen-bond donors (Lipinski definition) is 2. The predicted octanol–water partition coefficient (Wildman–Crippen LogP) is 5.58. The highest BCUT2D eigenvalue weighted by atomic mass is 16.5. The number of nitrogens with two attached hydrogens (primary N) is 1. The highest BCUT2D eigenvalue weighted by molar-refractivity contribution is 5.87. The van der Waals surface area contributed by atoms with Gasteiger partial charge in [0.05, 0.1) is 0 Å². The van der Waals surface area contributed by atoms with Crippen molar-refractivity contribution < 1.29 is 4.74 Å². The fourth-order valence-electron chi connectivity index (χ4n) is 4.93. The van der Waals surface area contributed by atoms with E-state index in [1.165, 1.54) is 53.1 Å². The molecular formula is C27H32N2O. The first-order valence-corrected chi connectivity index (χ1v) is 11.4. The highest BCUT2D eigenvalue weighted by Gasteiger charge is 2.44. The molecule has 5 rings (SSSR count). The summed E-state index contributed by atoms with van der Waals surface area (Å²) in [6, 6.07) is 22.0. The second-order valence-corrected chi connectivity index (χ2v) is 9.16. The van der Waals surface area contributed by atoms with E-state index in [-0.39, 0.29) is 17.7 Å². The molecule has 0 amide bonds. The Morgan fingerprint density at radius 2 is 1.80 bits per heavy atom. The fourth-order valence-corrected chi connectivity index (χ4v) is 4.93. The number of nitrogens with one attached hydrogen (secondary N) is 1. The normalized spacial score (nSPS) is 22.7. The van der Waals surface area contributed by atoms with Crippen LogP contribution in [0.1, 0.15) is 55.2 Å². The standard InChI is InChI=1S/C27H32N2O/c1-19-13-14-22(30-26-12-5-4-11-25(26)28)17-21(19)18-29-27(15-16-27)24-10-6-8-20-7-2-3-9-23(20)24/h2-3,6-10,13-14,17,25-26,29H,4-5,11-12,15-16,18,28H2,1H3/t25-,26+/m0/s1. The minimum absolute atomic E-state index is 0.0931. The molecule has 0 aromatic heterocycles. The minimum atomic E-state index is 0.0931. The van der Waals surface area contributed by atoms with Gasteiger partial charge in [0, 0.05) is 18.1 Å². The van der Waals surface area contributed by atoms with Gasteiger partial charge in [0.1, 0.15) is 11.9 Å². The quantitative estimate of drug-likeness (QED) is 0.568. The number of fused-ring (bicyclic) bond motifs is 1. The average molecular weight is 401 g/mol. The molecule has 0 aliphatic heterocycles. The van der Waals surface area contributed by atoms with Crippen molar-refractivity contribution in [3.05, 3.63) is 77.4 Å². The summed E-state index contributed by atoms with van der Waals surface area (Å²) in [5.74, 6) is 0.953. The maximum absolute atomic E-state index is 6.30. The highest BCUT2D eigenvalue weighted by Crippen LogP contribution is 2.48. The number of aryl methyl sites for hydroxylation is 1. The van der Waals surface area contributed by atoms with Crippen molar-refractivity contribution >= 4 is 10.8 Å². The van der Waals surface area contributed by atoms with Crippen LogP contribution in [-0.4, -0.2) is 12.1 Å². The Bertz CT molecular complexity index is 1030. The third kappa shape index (κ3) is 3.84. The predicted molar refractivity (Wildman–Crippen MR) is 124 cm³/mol. The van der Waals surface area contributed by atoms with Gasteiger partial charge in [0.15, 0.2) is 0 Å². The molecule has 0 radical (unpaired) electrons. The van der Waals surface area contributed by atoms with E-state index < -0.39 is 0 Å². The molecule has 2 aliphatic rings. The van der Waals surface area contributed by atoms with Crippen molar-refractivity contribution in [3.8, 4) is 5.75 Å². The van der Waals surface area contributed by atoms with E-state index in [9.17, 15) is 0 Å². The van der Waals surface area contributed by atoms with E-state index in [0.717, 1.165) is 25.1 Å². The molecule has 3 aromatic rings. The number of benzene rings is 3. The Morgan fingerprint density at radius 3 is 2.63 bits per heavy atom. The molecule has 0 saturated heterocycles. The van der Waals surface area contributed by atoms with Gasteiger partial charge in [-0.05, 0) is 78.6 Å². The first-order chi connectivity index (χ1) is 14.6. The average Bonchev–Trinajstić information content (AvgIpc) is 3.56. The van der Waals surface area contributed by atoms with Crippen LogP contribution in [0.25, 0.3) is 10.8 Å². The monoisotopic (exact) mass is 400 g/mol. The fraction of sp³-hybridized carbons (Fsp3) is 0.407. The molecule has 3 nitrogen and oxygen atoms in total. The Hall–Kier alpha value is -2.36. The van der Waals surface area contributed by atoms with E-state index in [4.69, 9.17) is 10.5 Å². The van der Waals surface area contributed by atoms with Gasteiger partial charge in [-0.15, -0.1) is 0 Å². The van der Waals surface area contributed by atoms with Crippen molar-refractivity contribution in [2.24, 2.45) is 5.73 Å². The van der Waals surface area contributed by atoms with E-state index in [1.807, 2.05) is 0 Å². The van der Waals surface area contributed by atoms with Crippen molar-refractivity contribution in [1.82, 2.24) is 5.32 Å². The lowest BCUT2D eigenvalue weighted by molar-refractivity contribution is 0.132. The molecule has 156 valence electrons. The van der Waals surface area contributed by atoms with Crippen LogP contribution >= 0.6 is 0 Å². The van der Waals surface area contributed by atoms with Gasteiger partial charge in [-0.3, -0.25) is 0 Å². The van der Waals surface area contributed by atoms with E-state index in [0.29, 0.717) is 0 Å². The molecule has 0 unspecified atom stereocenters. The van der Waals surface area contributed by atoms with Crippen LogP contribution in [0.15, 0.2) is 60.7 Å². The number of ether oxygens (including phenoxy) is 1. The van der Waals surface area contributed by atoms with Crippen LogP contribution < -0.4 is 15.8 Å². The second-order valence-electron chi connectivity index (χ2n) is 9.16. The molecular weight excluding hydrogens is 368 g/mol. The Kier molecular flexibility index (Phi) is 5.26. The summed E-state index contributed by atoms with van der Waals surface area (Å²) in [6.45, 7) is 3.04. The van der Waals surface area contributed by atoms with Crippen LogP contribution in [0.3, 0.4) is 0 Å². The third-order valence-electron chi connectivity index (χ3n) is 7.03. The molecule has 3 aromatic carbocycles. The van der Waals surface area contributed by atoms with Gasteiger partial charge in [-0.25, -0.2) is 0 Å². The van der Waals surface area contributed by atoms with Crippen molar-refractivity contribution in [2.75, 3.05) is 0 Å². The Labute approximate surface area is 179 Å². The molecule has 3 N–H and O–H groups in total. The van der Waals surface area contributed by atoms with Gasteiger partial charge in [0.25, 0.3) is 0 Å². The molecule has 2 aliphatic carbocycles. The van der Waals surface area contributed by atoms with E-state index in [1.54, 1.807) is 0 Å². The summed E-state index contributed by atoms with van der Waals surface area (Å²) >= 11 is 0. The largest absolute Gasteiger partial charge is 0.489 e. The molecule has 0 heterocycles. The van der Waals surface area contributed by atoms with Crippen molar-refractivity contribution in [2.45, 2.75) is 69.7 Å². The third-order valence-corrected chi connectivity index (χ3v) is 7.03. The summed E-state index contributed by atoms with van der Waals surface area (Å²) < 4.78 is 6.30. The summed E-state index contributed by atoms with van der Waals surface area (Å²) in [5.41, 5.74) is 10.4. The lowest BCUT2D eigenvalue weighted by Crippen LogP contribution is -2.41. The molecule has 3 heteroatoms. The van der Waals surface area contributed by atoms with Gasteiger partial charge in [-0.1, -0.05) is 55.0 Å². The molecule has 2 fully saturated rings. The first-order valence-electron chi connectivity index (χ1n) is 11.4. The number of rotatable bonds is 6. The Morgan fingerprint density at radius 1 is 1.00 bits per heavy atom. The summed E-state index contributed by atoms with van der Waals surface area (Å²) in [7, 11) is 0. The minimum Gasteiger partial charge on any atom is -0.489 e. The zero-order valence-electron chi connectivity index (χ0n) is 17.9. The molecule has 2 saturated carbocycles. The first kappa shape index (κ1) is 19.6. The summed E-state index contributed by atoms with van der Waals surface area (Å²) in [4.78, 5) is 0. The van der Waals surface area contributed by atoms with Crippen LogP contribution in [0, 0.1) is 6.92 Å². The van der Waals surface area contributed by atoms with Crippen LogP contribution in [-0.2, 0) is 12.1 Å². The van der Waals surface area contributed by atoms with Crippen LogP contribution in [0.5, 0.6) is 5.75 Å².